The smallest absolute Gasteiger partial charge is 0.246 e. The lowest BCUT2D eigenvalue weighted by Crippen LogP contribution is -2.59. The molecule has 0 bridgehead atoms. The number of rotatable bonds is 11. The van der Waals surface area contributed by atoms with Gasteiger partial charge in [0.25, 0.3) is 0 Å². The molecule has 2 aliphatic rings. The fourth-order valence-electron chi connectivity index (χ4n) is 7.80. The number of nitrogens with zero attached hydrogens (tertiary/aromatic N) is 7. The summed E-state index contributed by atoms with van der Waals surface area (Å²) in [5, 5.41) is 40.0. The summed E-state index contributed by atoms with van der Waals surface area (Å²) >= 11 is 1.58. The maximum atomic E-state index is 14.2. The number of phenolic OH excluding ortho intramolecular Hbond substituents is 1. The number of β-amino-alcohol motifs (C(OH)–C–C–N with tert-alkyl or cyclic N) is 1. The van der Waals surface area contributed by atoms with Crippen molar-refractivity contribution in [1.29, 1.82) is 0 Å². The zero-order valence-electron chi connectivity index (χ0n) is 33.5. The molecule has 4 atom stereocenters. The van der Waals surface area contributed by atoms with Crippen LogP contribution in [0, 0.1) is 12.3 Å². The fourth-order valence-corrected chi connectivity index (χ4v) is 8.61. The van der Waals surface area contributed by atoms with Gasteiger partial charge >= 0.3 is 0 Å². The predicted octanol–water partition coefficient (Wildman–Crippen LogP) is 5.15. The van der Waals surface area contributed by atoms with Gasteiger partial charge in [-0.1, -0.05) is 57.2 Å². The number of carbonyl (C=O) groups is 3. The average molecular weight is 806 g/mol. The van der Waals surface area contributed by atoms with Gasteiger partial charge in [0.05, 0.1) is 58.9 Å². The lowest BCUT2D eigenvalue weighted by molar-refractivity contribution is -0.144. The molecule has 304 valence electrons. The Kier molecular flexibility index (Phi) is 12.0. The second-order valence-electron chi connectivity index (χ2n) is 16.4. The Hall–Kier alpha value is -5.51. The fraction of sp³-hybridized carbons (Fsp3) is 0.419. The number of thiazole rings is 1. The molecule has 7 rings (SSSR count). The summed E-state index contributed by atoms with van der Waals surface area (Å²) in [6.45, 7) is 11.0. The van der Waals surface area contributed by atoms with Crippen molar-refractivity contribution in [2.45, 2.75) is 84.2 Å². The summed E-state index contributed by atoms with van der Waals surface area (Å²) in [4.78, 5) is 50.4. The van der Waals surface area contributed by atoms with Crippen LogP contribution in [0.25, 0.3) is 32.8 Å². The van der Waals surface area contributed by atoms with E-state index in [-0.39, 0.29) is 55.1 Å². The third-order valence-corrected chi connectivity index (χ3v) is 12.1. The topological polar surface area (TPSA) is 179 Å². The molecule has 0 spiro atoms. The van der Waals surface area contributed by atoms with E-state index >= 15 is 0 Å². The molecule has 3 aromatic heterocycles. The monoisotopic (exact) mass is 805 g/mol. The molecule has 2 aliphatic heterocycles. The minimum atomic E-state index is -0.908. The van der Waals surface area contributed by atoms with Gasteiger partial charge in [-0.15, -0.1) is 11.3 Å². The Bertz CT molecular complexity index is 2240. The number of hydrogen-bond acceptors (Lipinski definition) is 11. The Morgan fingerprint density at radius 2 is 1.72 bits per heavy atom. The number of aromatic hydroxyl groups is 1. The molecule has 2 aromatic carbocycles. The van der Waals surface area contributed by atoms with Crippen LogP contribution >= 0.6 is 11.3 Å². The highest BCUT2D eigenvalue weighted by atomic mass is 32.1. The number of piperidine rings is 1. The van der Waals surface area contributed by atoms with Crippen molar-refractivity contribution >= 4 is 29.1 Å². The molecule has 5 heterocycles. The normalized spacial score (nSPS) is 18.8. The van der Waals surface area contributed by atoms with Gasteiger partial charge in [0.15, 0.2) is 0 Å². The van der Waals surface area contributed by atoms with Crippen LogP contribution in [0.15, 0.2) is 78.7 Å². The van der Waals surface area contributed by atoms with Gasteiger partial charge in [-0.25, -0.2) is 4.98 Å². The van der Waals surface area contributed by atoms with Crippen molar-refractivity contribution in [2.24, 2.45) is 5.41 Å². The number of para-hydroxylation sites is 1. The van der Waals surface area contributed by atoms with E-state index in [0.717, 1.165) is 45.7 Å². The first kappa shape index (κ1) is 40.7. The van der Waals surface area contributed by atoms with E-state index in [0.29, 0.717) is 24.3 Å². The van der Waals surface area contributed by atoms with Gasteiger partial charge in [-0.2, -0.15) is 15.3 Å². The number of aliphatic hydroxyl groups is 1. The number of amides is 3. The lowest BCUT2D eigenvalue weighted by Gasteiger charge is -2.36. The molecule has 3 amide bonds. The van der Waals surface area contributed by atoms with E-state index in [1.54, 1.807) is 41.9 Å². The Morgan fingerprint density at radius 3 is 2.41 bits per heavy atom. The van der Waals surface area contributed by atoms with Crippen molar-refractivity contribution in [3.05, 3.63) is 90.0 Å². The highest BCUT2D eigenvalue weighted by Crippen LogP contribution is 2.32. The van der Waals surface area contributed by atoms with Crippen LogP contribution in [0.2, 0.25) is 0 Å². The summed E-state index contributed by atoms with van der Waals surface area (Å²) < 4.78 is 1.96. The number of phenols is 1. The summed E-state index contributed by atoms with van der Waals surface area (Å²) in [5.41, 5.74) is 7.00. The quantitative estimate of drug-likeness (QED) is 0.140. The molecular formula is C43H51N9O5S. The predicted molar refractivity (Wildman–Crippen MR) is 221 cm³/mol. The van der Waals surface area contributed by atoms with E-state index in [4.69, 9.17) is 0 Å². The molecule has 5 aromatic rings. The Balaban J connectivity index is 0.932. The van der Waals surface area contributed by atoms with Crippen molar-refractivity contribution < 1.29 is 24.6 Å². The van der Waals surface area contributed by atoms with Crippen LogP contribution < -0.4 is 10.6 Å². The van der Waals surface area contributed by atoms with E-state index in [2.05, 4.69) is 35.8 Å². The first-order valence-corrected chi connectivity index (χ1v) is 20.6. The number of hydrogen-bond donors (Lipinski definition) is 4. The summed E-state index contributed by atoms with van der Waals surface area (Å²) in [5.74, 6) is -0.873. The first-order valence-electron chi connectivity index (χ1n) is 19.7. The number of aryl methyl sites for hydroxylation is 1. The van der Waals surface area contributed by atoms with E-state index in [1.807, 2.05) is 87.4 Å². The molecule has 2 fully saturated rings. The molecule has 0 unspecified atom stereocenters. The summed E-state index contributed by atoms with van der Waals surface area (Å²) in [7, 11) is 0. The Labute approximate surface area is 342 Å². The Morgan fingerprint density at radius 1 is 0.983 bits per heavy atom. The van der Waals surface area contributed by atoms with Gasteiger partial charge in [0.1, 0.15) is 17.8 Å². The van der Waals surface area contributed by atoms with Crippen molar-refractivity contribution in [1.82, 2.24) is 45.4 Å². The van der Waals surface area contributed by atoms with E-state index in [9.17, 15) is 24.6 Å². The molecule has 58 heavy (non-hydrogen) atoms. The van der Waals surface area contributed by atoms with Crippen LogP contribution in [-0.4, -0.2) is 107 Å². The summed E-state index contributed by atoms with van der Waals surface area (Å²) in [6, 6.07) is 14.9. The first-order chi connectivity index (χ1) is 27.7. The minimum Gasteiger partial charge on any atom is -0.507 e. The van der Waals surface area contributed by atoms with Crippen LogP contribution in [0.4, 0.5) is 0 Å². The van der Waals surface area contributed by atoms with Crippen LogP contribution in [0.5, 0.6) is 5.75 Å². The van der Waals surface area contributed by atoms with Crippen molar-refractivity contribution in [3.63, 3.8) is 0 Å². The molecule has 4 N–H and O–H groups in total. The van der Waals surface area contributed by atoms with Gasteiger partial charge in [0, 0.05) is 48.9 Å². The van der Waals surface area contributed by atoms with Crippen molar-refractivity contribution in [2.75, 3.05) is 26.2 Å². The molecular weight excluding hydrogens is 755 g/mol. The minimum absolute atomic E-state index is 0.00869. The number of likely N-dealkylation sites (tertiary alicyclic amines) is 2. The van der Waals surface area contributed by atoms with Crippen molar-refractivity contribution in [3.8, 4) is 38.6 Å². The highest BCUT2D eigenvalue weighted by molar-refractivity contribution is 7.13. The SMILES string of the molecule is Cc1ncsc1-c1ccc([C@H](C)NC(=O)[C@@H]2C[C@@H](O)CN2C(=O)[C@@H](NC(=O)CN2CCC(n3cc(-c4cnnc(-c5ccccc5O)c4)cn3)CC2)C(C)(C)C)cc1. The van der Waals surface area contributed by atoms with Gasteiger partial charge in [-0.05, 0) is 61.4 Å². The van der Waals surface area contributed by atoms with Gasteiger partial charge in [0.2, 0.25) is 17.7 Å². The number of aliphatic hydroxyl groups excluding tert-OH is 1. The van der Waals surface area contributed by atoms with Gasteiger partial charge < -0.3 is 25.7 Å². The largest absolute Gasteiger partial charge is 0.507 e. The van der Waals surface area contributed by atoms with Gasteiger partial charge in [-0.3, -0.25) is 24.0 Å². The maximum Gasteiger partial charge on any atom is 0.246 e. The standard InChI is InChI=1S/C43H51N9O5S/c1-26(28-10-12-29(13-11-28)39-27(2)44-25-58-39)47-41(56)36-19-33(53)23-51(36)42(57)40(43(3,4)5)48-38(55)24-50-16-14-32(15-17-50)52-22-31(21-46-52)30-18-35(49-45-20-30)34-8-6-7-9-37(34)54/h6-13,18,20-22,25-26,32-33,36,40,53-54H,14-17,19,23-24H2,1-5H3,(H,47,56)(H,48,55)/t26-,33+,36-,40+/m0/s1. The molecule has 15 heteroatoms. The molecule has 0 aliphatic carbocycles. The molecule has 0 radical (unpaired) electrons. The number of benzene rings is 2. The average Bonchev–Trinajstić information content (AvgIpc) is 3.97. The van der Waals surface area contributed by atoms with E-state index < -0.39 is 23.6 Å². The number of carbonyl (C=O) groups excluding carboxylic acids is 3. The summed E-state index contributed by atoms with van der Waals surface area (Å²) in [6.07, 6.45) is 6.29. The lowest BCUT2D eigenvalue weighted by atomic mass is 9.85. The highest BCUT2D eigenvalue weighted by Gasteiger charge is 2.45. The van der Waals surface area contributed by atoms with Crippen LogP contribution in [-0.2, 0) is 14.4 Å². The molecule has 14 nitrogen and oxygen atoms in total. The maximum absolute atomic E-state index is 14.2. The third-order valence-electron chi connectivity index (χ3n) is 11.1. The van der Waals surface area contributed by atoms with E-state index in [1.165, 1.54) is 4.90 Å². The third kappa shape index (κ3) is 9.11. The van der Waals surface area contributed by atoms with Crippen LogP contribution in [0.1, 0.15) is 70.3 Å². The zero-order chi connectivity index (χ0) is 41.1. The molecule has 0 saturated carbocycles. The number of aromatic nitrogens is 5. The zero-order valence-corrected chi connectivity index (χ0v) is 34.3. The second kappa shape index (κ2) is 17.1. The second-order valence-corrected chi connectivity index (χ2v) is 17.3. The number of nitrogens with one attached hydrogen (secondary N) is 2. The van der Waals surface area contributed by atoms with Crippen LogP contribution in [0.3, 0.4) is 0 Å². The molecule has 2 saturated heterocycles.